The molecule has 0 fully saturated rings. The Morgan fingerprint density at radius 1 is 1.25 bits per heavy atom. The molecule has 6 heteroatoms. The summed E-state index contributed by atoms with van der Waals surface area (Å²) in [5, 5.41) is 14.1. The highest BCUT2D eigenvalue weighted by Crippen LogP contribution is 2.25. The summed E-state index contributed by atoms with van der Waals surface area (Å²) in [4.78, 5) is 22.6. The Bertz CT molecular complexity index is 518. The number of aryl methyl sites for hydroxylation is 2. The minimum atomic E-state index is -0.953. The van der Waals surface area contributed by atoms with Gasteiger partial charge < -0.3 is 15.7 Å². The molecule has 0 saturated carbocycles. The van der Waals surface area contributed by atoms with Crippen molar-refractivity contribution in [2.45, 2.75) is 39.7 Å². The maximum Gasteiger partial charge on any atom is 0.319 e. The van der Waals surface area contributed by atoms with Crippen LogP contribution < -0.4 is 10.6 Å². The summed E-state index contributed by atoms with van der Waals surface area (Å²) in [6, 6.07) is 3.28. The van der Waals surface area contributed by atoms with Crippen molar-refractivity contribution in [3.63, 3.8) is 0 Å². The molecule has 0 atom stereocenters. The van der Waals surface area contributed by atoms with Gasteiger partial charge in [-0.05, 0) is 51.0 Å². The van der Waals surface area contributed by atoms with E-state index in [4.69, 9.17) is 5.11 Å². The summed E-state index contributed by atoms with van der Waals surface area (Å²) in [6.07, 6.45) is -0.140. The number of hydrogen-bond donors (Lipinski definition) is 3. The first kappa shape index (κ1) is 16.5. The van der Waals surface area contributed by atoms with Crippen LogP contribution in [0.4, 0.5) is 10.5 Å². The van der Waals surface area contributed by atoms with Crippen LogP contribution in [0.2, 0.25) is 0 Å². The van der Waals surface area contributed by atoms with Crippen LogP contribution in [-0.4, -0.2) is 22.6 Å². The summed E-state index contributed by atoms with van der Waals surface area (Å²) in [6.45, 7) is 7.21. The number of carbonyl (C=O) groups excluding carboxylic acids is 1. The Hall–Kier alpha value is -1.56. The summed E-state index contributed by atoms with van der Waals surface area (Å²) in [7, 11) is 0. The highest BCUT2D eigenvalue weighted by Gasteiger charge is 2.23. The zero-order valence-corrected chi connectivity index (χ0v) is 13.6. The zero-order chi connectivity index (χ0) is 15.5. The van der Waals surface area contributed by atoms with Gasteiger partial charge >= 0.3 is 12.0 Å². The van der Waals surface area contributed by atoms with E-state index in [1.807, 2.05) is 26.0 Å². The van der Waals surface area contributed by atoms with Crippen molar-refractivity contribution in [2.75, 3.05) is 5.32 Å². The number of nitrogens with one attached hydrogen (secondary N) is 2. The van der Waals surface area contributed by atoms with E-state index in [0.717, 1.165) is 15.6 Å². The lowest BCUT2D eigenvalue weighted by atomic mass is 10.0. The summed E-state index contributed by atoms with van der Waals surface area (Å²) < 4.78 is 1.01. The molecule has 0 aliphatic rings. The third kappa shape index (κ3) is 4.85. The minimum absolute atomic E-state index is 0.140. The Kier molecular flexibility index (Phi) is 5.16. The van der Waals surface area contributed by atoms with Crippen LogP contribution in [0.25, 0.3) is 0 Å². The van der Waals surface area contributed by atoms with Crippen LogP contribution in [0.1, 0.15) is 31.4 Å². The molecule has 0 saturated heterocycles. The summed E-state index contributed by atoms with van der Waals surface area (Å²) >= 11 is 3.46. The van der Waals surface area contributed by atoms with Gasteiger partial charge in [-0.2, -0.15) is 0 Å². The number of rotatable bonds is 4. The molecule has 0 aliphatic heterocycles. The average Bonchev–Trinajstić information content (AvgIpc) is 2.22. The lowest BCUT2D eigenvalue weighted by molar-refractivity contribution is -0.138. The smallest absolute Gasteiger partial charge is 0.319 e. The van der Waals surface area contributed by atoms with E-state index in [1.54, 1.807) is 13.8 Å². The molecule has 1 aromatic rings. The van der Waals surface area contributed by atoms with E-state index < -0.39 is 17.5 Å². The van der Waals surface area contributed by atoms with Gasteiger partial charge in [-0.3, -0.25) is 4.79 Å². The van der Waals surface area contributed by atoms with Crippen LogP contribution in [-0.2, 0) is 4.79 Å². The molecule has 0 aliphatic carbocycles. The van der Waals surface area contributed by atoms with E-state index in [9.17, 15) is 9.59 Å². The second-order valence-corrected chi connectivity index (χ2v) is 6.25. The number of urea groups is 1. The highest BCUT2D eigenvalue weighted by molar-refractivity contribution is 9.10. The minimum Gasteiger partial charge on any atom is -0.481 e. The maximum absolute atomic E-state index is 11.9. The van der Waals surface area contributed by atoms with Gasteiger partial charge in [0.15, 0.2) is 0 Å². The Morgan fingerprint density at radius 2 is 1.75 bits per heavy atom. The number of benzene rings is 1. The van der Waals surface area contributed by atoms with Crippen LogP contribution in [0.15, 0.2) is 16.6 Å². The number of hydrogen-bond acceptors (Lipinski definition) is 2. The molecule has 1 aromatic carbocycles. The van der Waals surface area contributed by atoms with E-state index in [2.05, 4.69) is 26.6 Å². The second kappa shape index (κ2) is 6.26. The van der Waals surface area contributed by atoms with E-state index in [0.29, 0.717) is 5.69 Å². The fourth-order valence-electron chi connectivity index (χ4n) is 1.91. The molecule has 0 aromatic heterocycles. The summed E-state index contributed by atoms with van der Waals surface area (Å²) in [5.74, 6) is -0.953. The molecular weight excluding hydrogens is 324 g/mol. The van der Waals surface area contributed by atoms with Crippen molar-refractivity contribution in [3.05, 3.63) is 27.7 Å². The number of carbonyl (C=O) groups is 2. The van der Waals surface area contributed by atoms with Gasteiger partial charge in [-0.25, -0.2) is 4.79 Å². The van der Waals surface area contributed by atoms with Gasteiger partial charge in [0.1, 0.15) is 0 Å². The topological polar surface area (TPSA) is 78.4 Å². The number of anilines is 1. The fourth-order valence-corrected chi connectivity index (χ4v) is 2.14. The molecule has 5 nitrogen and oxygen atoms in total. The van der Waals surface area contributed by atoms with Crippen molar-refractivity contribution in [1.82, 2.24) is 5.32 Å². The van der Waals surface area contributed by atoms with Gasteiger partial charge in [-0.15, -0.1) is 0 Å². The highest BCUT2D eigenvalue weighted by atomic mass is 79.9. The predicted molar refractivity (Wildman–Crippen MR) is 82.1 cm³/mol. The molecule has 0 bridgehead atoms. The quantitative estimate of drug-likeness (QED) is 0.784. The predicted octanol–water partition coefficient (Wildman–Crippen LogP) is 3.44. The number of halogens is 1. The molecule has 0 radical (unpaired) electrons. The maximum atomic E-state index is 11.9. The largest absolute Gasteiger partial charge is 0.481 e. The molecule has 1 rings (SSSR count). The van der Waals surface area contributed by atoms with Crippen LogP contribution in [0.5, 0.6) is 0 Å². The van der Waals surface area contributed by atoms with Gasteiger partial charge in [0.05, 0.1) is 6.42 Å². The molecular formula is C14H19BrN2O3. The van der Waals surface area contributed by atoms with Crippen LogP contribution >= 0.6 is 15.9 Å². The number of aliphatic carboxylic acids is 1. The van der Waals surface area contributed by atoms with Crippen molar-refractivity contribution in [3.8, 4) is 0 Å². The van der Waals surface area contributed by atoms with Crippen molar-refractivity contribution in [1.29, 1.82) is 0 Å². The fraction of sp³-hybridized carbons (Fsp3) is 0.429. The van der Waals surface area contributed by atoms with Crippen molar-refractivity contribution < 1.29 is 14.7 Å². The van der Waals surface area contributed by atoms with Crippen LogP contribution in [0, 0.1) is 13.8 Å². The molecule has 0 heterocycles. The van der Waals surface area contributed by atoms with Gasteiger partial charge in [0.25, 0.3) is 0 Å². The first-order valence-electron chi connectivity index (χ1n) is 6.18. The Labute approximate surface area is 126 Å². The number of carboxylic acid groups (broad SMARTS) is 1. The number of carboxylic acids is 1. The van der Waals surface area contributed by atoms with Gasteiger partial charge in [0.2, 0.25) is 0 Å². The lowest BCUT2D eigenvalue weighted by Gasteiger charge is -2.24. The van der Waals surface area contributed by atoms with E-state index >= 15 is 0 Å². The SMILES string of the molecule is Cc1cc(NC(=O)NC(C)(C)CC(=O)O)cc(C)c1Br. The summed E-state index contributed by atoms with van der Waals surface area (Å²) in [5.41, 5.74) is 1.90. The van der Waals surface area contributed by atoms with Crippen LogP contribution in [0.3, 0.4) is 0 Å². The molecule has 2 amide bonds. The second-order valence-electron chi connectivity index (χ2n) is 5.46. The van der Waals surface area contributed by atoms with E-state index in [-0.39, 0.29) is 6.42 Å². The molecule has 0 unspecified atom stereocenters. The molecule has 3 N–H and O–H groups in total. The molecule has 20 heavy (non-hydrogen) atoms. The average molecular weight is 343 g/mol. The Morgan fingerprint density at radius 3 is 2.20 bits per heavy atom. The molecule has 110 valence electrons. The lowest BCUT2D eigenvalue weighted by Crippen LogP contribution is -2.46. The van der Waals surface area contributed by atoms with Crippen molar-refractivity contribution in [2.24, 2.45) is 0 Å². The standard InChI is InChI=1S/C14H19BrN2O3/c1-8-5-10(6-9(2)12(8)15)16-13(20)17-14(3,4)7-11(18)19/h5-6H,7H2,1-4H3,(H,18,19)(H2,16,17,20). The third-order valence-corrected chi connectivity index (χ3v) is 3.99. The first-order chi connectivity index (χ1) is 9.10. The Balaban J connectivity index is 2.74. The monoisotopic (exact) mass is 342 g/mol. The third-order valence-electron chi connectivity index (χ3n) is 2.74. The zero-order valence-electron chi connectivity index (χ0n) is 12.0. The van der Waals surface area contributed by atoms with Gasteiger partial charge in [0, 0.05) is 15.7 Å². The number of amides is 2. The van der Waals surface area contributed by atoms with Gasteiger partial charge in [-0.1, -0.05) is 15.9 Å². The van der Waals surface area contributed by atoms with E-state index in [1.165, 1.54) is 0 Å². The normalized spacial score (nSPS) is 11.1. The first-order valence-corrected chi connectivity index (χ1v) is 6.98. The van der Waals surface area contributed by atoms with Crippen molar-refractivity contribution >= 4 is 33.6 Å². The molecule has 0 spiro atoms.